The maximum atomic E-state index is 10.9. The first kappa shape index (κ1) is 15.1. The number of likely N-dealkylation sites (N-methyl/N-ethyl adjacent to an activating group) is 1. The molecule has 0 spiro atoms. The molecule has 1 atom stereocenters. The molecule has 0 aliphatic heterocycles. The van der Waals surface area contributed by atoms with Gasteiger partial charge in [-0.25, -0.2) is 4.57 Å². The molecule has 4 N–H and O–H groups in total. The van der Waals surface area contributed by atoms with Crippen LogP contribution in [-0.4, -0.2) is 28.5 Å². The van der Waals surface area contributed by atoms with Gasteiger partial charge in [-0.05, 0) is 30.7 Å². The standard InChI is InChI=1S/C11H18NO5P/c1-3-8-4-5-9(10(13)7-12-2)6-11(8)17-18(14,15)16/h4-6,10,12-13H,3,7H2,1-2H3,(H2,14,15,16). The van der Waals surface area contributed by atoms with E-state index in [1.807, 2.05) is 6.92 Å². The van der Waals surface area contributed by atoms with Gasteiger partial charge in [0.2, 0.25) is 0 Å². The SMILES string of the molecule is CCc1ccc(C(O)CNC)cc1OP(=O)(O)O. The van der Waals surface area contributed by atoms with E-state index in [-0.39, 0.29) is 5.75 Å². The topological polar surface area (TPSA) is 99.0 Å². The van der Waals surface area contributed by atoms with Gasteiger partial charge in [0.1, 0.15) is 5.75 Å². The highest BCUT2D eigenvalue weighted by atomic mass is 31.2. The van der Waals surface area contributed by atoms with E-state index in [1.165, 1.54) is 6.07 Å². The van der Waals surface area contributed by atoms with E-state index in [9.17, 15) is 9.67 Å². The quantitative estimate of drug-likeness (QED) is 0.577. The molecule has 0 heterocycles. The zero-order valence-electron chi connectivity index (χ0n) is 10.3. The van der Waals surface area contributed by atoms with Gasteiger partial charge in [-0.15, -0.1) is 0 Å². The number of aliphatic hydroxyl groups is 1. The molecule has 0 amide bonds. The van der Waals surface area contributed by atoms with Gasteiger partial charge in [0.25, 0.3) is 0 Å². The van der Waals surface area contributed by atoms with Gasteiger partial charge in [0.15, 0.2) is 0 Å². The predicted molar refractivity (Wildman–Crippen MR) is 67.4 cm³/mol. The number of phosphoric ester groups is 1. The maximum Gasteiger partial charge on any atom is 0.524 e. The third kappa shape index (κ3) is 4.40. The monoisotopic (exact) mass is 275 g/mol. The Labute approximate surface area is 106 Å². The molecule has 0 saturated carbocycles. The Balaban J connectivity index is 3.05. The molecule has 0 aromatic heterocycles. The third-order valence-electron chi connectivity index (χ3n) is 2.47. The molecule has 0 radical (unpaired) electrons. The normalized spacial score (nSPS) is 13.4. The highest BCUT2D eigenvalue weighted by Gasteiger charge is 2.19. The van der Waals surface area contributed by atoms with Crippen molar-refractivity contribution in [1.29, 1.82) is 0 Å². The largest absolute Gasteiger partial charge is 0.524 e. The Morgan fingerprint density at radius 3 is 2.61 bits per heavy atom. The first-order valence-electron chi connectivity index (χ1n) is 5.58. The second-order valence-electron chi connectivity index (χ2n) is 3.88. The molecule has 18 heavy (non-hydrogen) atoms. The number of phosphoric acid groups is 1. The third-order valence-corrected chi connectivity index (χ3v) is 2.91. The first-order valence-corrected chi connectivity index (χ1v) is 7.11. The Hall–Kier alpha value is -0.910. The van der Waals surface area contributed by atoms with Gasteiger partial charge in [-0.3, -0.25) is 9.79 Å². The summed E-state index contributed by atoms with van der Waals surface area (Å²) in [6.45, 7) is 2.20. The number of hydrogen-bond donors (Lipinski definition) is 4. The summed E-state index contributed by atoms with van der Waals surface area (Å²) in [6, 6.07) is 4.87. The zero-order chi connectivity index (χ0) is 13.8. The summed E-state index contributed by atoms with van der Waals surface area (Å²) in [6.07, 6.45) is -0.169. The maximum absolute atomic E-state index is 10.9. The van der Waals surface area contributed by atoms with Crippen LogP contribution in [0.1, 0.15) is 24.2 Å². The zero-order valence-corrected chi connectivity index (χ0v) is 11.2. The van der Waals surface area contributed by atoms with E-state index in [0.717, 1.165) is 0 Å². The number of nitrogens with one attached hydrogen (secondary N) is 1. The smallest absolute Gasteiger partial charge is 0.404 e. The second kappa shape index (κ2) is 6.31. The van der Waals surface area contributed by atoms with Crippen molar-refractivity contribution in [2.75, 3.05) is 13.6 Å². The van der Waals surface area contributed by atoms with Crippen molar-refractivity contribution in [3.63, 3.8) is 0 Å². The van der Waals surface area contributed by atoms with E-state index in [0.29, 0.717) is 24.1 Å². The molecule has 0 fully saturated rings. The van der Waals surface area contributed by atoms with Gasteiger partial charge in [0.05, 0.1) is 6.10 Å². The van der Waals surface area contributed by atoms with Crippen LogP contribution < -0.4 is 9.84 Å². The minimum Gasteiger partial charge on any atom is -0.404 e. The van der Waals surface area contributed by atoms with Crippen LogP contribution in [-0.2, 0) is 11.0 Å². The lowest BCUT2D eigenvalue weighted by Crippen LogP contribution is -2.16. The lowest BCUT2D eigenvalue weighted by atomic mass is 10.0. The number of rotatable bonds is 6. The van der Waals surface area contributed by atoms with Crippen LogP contribution in [0.15, 0.2) is 18.2 Å². The number of benzene rings is 1. The van der Waals surface area contributed by atoms with Gasteiger partial charge in [-0.1, -0.05) is 19.1 Å². The van der Waals surface area contributed by atoms with Gasteiger partial charge in [-0.2, -0.15) is 0 Å². The van der Waals surface area contributed by atoms with Crippen molar-refractivity contribution in [3.8, 4) is 5.75 Å². The predicted octanol–water partition coefficient (Wildman–Crippen LogP) is 0.973. The van der Waals surface area contributed by atoms with Crippen molar-refractivity contribution in [1.82, 2.24) is 5.32 Å². The average molecular weight is 275 g/mol. The fraction of sp³-hybridized carbons (Fsp3) is 0.455. The molecule has 7 heteroatoms. The van der Waals surface area contributed by atoms with Crippen LogP contribution in [0.25, 0.3) is 0 Å². The molecular formula is C11H18NO5P. The summed E-state index contributed by atoms with van der Waals surface area (Å²) in [5, 5.41) is 12.6. The van der Waals surface area contributed by atoms with Crippen LogP contribution in [0.2, 0.25) is 0 Å². The van der Waals surface area contributed by atoms with Crippen molar-refractivity contribution in [2.45, 2.75) is 19.4 Å². The summed E-state index contributed by atoms with van der Waals surface area (Å²) < 4.78 is 15.5. The van der Waals surface area contributed by atoms with Gasteiger partial charge < -0.3 is 14.9 Å². The van der Waals surface area contributed by atoms with E-state index in [2.05, 4.69) is 9.84 Å². The van der Waals surface area contributed by atoms with Gasteiger partial charge in [0, 0.05) is 6.54 Å². The van der Waals surface area contributed by atoms with Crippen molar-refractivity contribution >= 4 is 7.82 Å². The van der Waals surface area contributed by atoms with E-state index < -0.39 is 13.9 Å². The molecule has 1 aromatic carbocycles. The lowest BCUT2D eigenvalue weighted by Gasteiger charge is -2.15. The summed E-state index contributed by atoms with van der Waals surface area (Å²) in [5.74, 6) is 0.110. The molecular weight excluding hydrogens is 257 g/mol. The summed E-state index contributed by atoms with van der Waals surface area (Å²) in [4.78, 5) is 17.7. The van der Waals surface area contributed by atoms with E-state index >= 15 is 0 Å². The van der Waals surface area contributed by atoms with E-state index in [1.54, 1.807) is 19.2 Å². The Bertz CT molecular complexity index is 445. The van der Waals surface area contributed by atoms with Crippen molar-refractivity contribution in [3.05, 3.63) is 29.3 Å². The molecule has 102 valence electrons. The molecule has 1 rings (SSSR count). The highest BCUT2D eigenvalue weighted by Crippen LogP contribution is 2.40. The average Bonchev–Trinajstić information content (AvgIpc) is 2.27. The number of aliphatic hydroxyl groups excluding tert-OH is 1. The van der Waals surface area contributed by atoms with Gasteiger partial charge >= 0.3 is 7.82 Å². The molecule has 1 unspecified atom stereocenters. The Morgan fingerprint density at radius 2 is 2.11 bits per heavy atom. The lowest BCUT2D eigenvalue weighted by molar-refractivity contribution is 0.177. The fourth-order valence-corrected chi connectivity index (χ4v) is 2.02. The molecule has 0 bridgehead atoms. The second-order valence-corrected chi connectivity index (χ2v) is 5.04. The molecule has 1 aromatic rings. The molecule has 0 aliphatic carbocycles. The molecule has 0 saturated heterocycles. The van der Waals surface area contributed by atoms with Crippen molar-refractivity contribution < 1.29 is 24.0 Å². The number of hydrogen-bond acceptors (Lipinski definition) is 4. The minimum atomic E-state index is -4.59. The van der Waals surface area contributed by atoms with Crippen LogP contribution in [0, 0.1) is 0 Å². The first-order chi connectivity index (χ1) is 8.37. The highest BCUT2D eigenvalue weighted by molar-refractivity contribution is 7.46. The van der Waals surface area contributed by atoms with Crippen LogP contribution in [0.3, 0.4) is 0 Å². The molecule has 0 aliphatic rings. The fourth-order valence-electron chi connectivity index (χ4n) is 1.59. The summed E-state index contributed by atoms with van der Waals surface area (Å²) in [5.41, 5.74) is 1.23. The molecule has 6 nitrogen and oxygen atoms in total. The Morgan fingerprint density at radius 1 is 1.44 bits per heavy atom. The van der Waals surface area contributed by atoms with Crippen LogP contribution >= 0.6 is 7.82 Å². The number of aryl methyl sites for hydroxylation is 1. The van der Waals surface area contributed by atoms with Crippen LogP contribution in [0.5, 0.6) is 5.75 Å². The Kier molecular flexibility index (Phi) is 5.31. The van der Waals surface area contributed by atoms with E-state index in [4.69, 9.17) is 9.79 Å². The summed E-state index contributed by atoms with van der Waals surface area (Å²) >= 11 is 0. The summed E-state index contributed by atoms with van der Waals surface area (Å²) in [7, 11) is -2.89. The van der Waals surface area contributed by atoms with Crippen molar-refractivity contribution in [2.24, 2.45) is 0 Å². The van der Waals surface area contributed by atoms with Crippen LogP contribution in [0.4, 0.5) is 0 Å². The minimum absolute atomic E-state index is 0.110.